The molecule has 26 heavy (non-hydrogen) atoms. The molecule has 1 aliphatic heterocycles. The van der Waals surface area contributed by atoms with Gasteiger partial charge in [-0.3, -0.25) is 14.0 Å². The number of hydrogen-bond acceptors (Lipinski definition) is 3. The van der Waals surface area contributed by atoms with E-state index in [4.69, 9.17) is 0 Å². The summed E-state index contributed by atoms with van der Waals surface area (Å²) >= 11 is 0. The summed E-state index contributed by atoms with van der Waals surface area (Å²) in [6.07, 6.45) is 2.68. The lowest BCUT2D eigenvalue weighted by Crippen LogP contribution is -2.34. The van der Waals surface area contributed by atoms with Gasteiger partial charge in [0, 0.05) is 31.9 Å². The Morgan fingerprint density at radius 1 is 1.15 bits per heavy atom. The molecule has 1 aromatic carbocycles. The van der Waals surface area contributed by atoms with Gasteiger partial charge in [0.25, 0.3) is 5.91 Å². The highest BCUT2D eigenvalue weighted by Gasteiger charge is 2.20. The number of carbonyl (C=O) groups is 2. The third kappa shape index (κ3) is 2.83. The van der Waals surface area contributed by atoms with E-state index in [2.05, 4.69) is 10.3 Å². The molecule has 132 valence electrons. The molecule has 2 amide bonds. The second-order valence-corrected chi connectivity index (χ2v) is 6.60. The van der Waals surface area contributed by atoms with Gasteiger partial charge in [0.2, 0.25) is 5.91 Å². The third-order valence-electron chi connectivity index (χ3n) is 4.84. The van der Waals surface area contributed by atoms with Crippen molar-refractivity contribution in [2.75, 3.05) is 11.9 Å². The SMILES string of the molecule is CC(=O)N1CCc2ccc(NC(=O)c3c(C)nc4ccccn34)cc2C1. The van der Waals surface area contributed by atoms with Gasteiger partial charge in [0.1, 0.15) is 11.3 Å². The Morgan fingerprint density at radius 2 is 2.00 bits per heavy atom. The van der Waals surface area contributed by atoms with Gasteiger partial charge in [0.15, 0.2) is 0 Å². The Morgan fingerprint density at radius 3 is 2.81 bits per heavy atom. The van der Waals surface area contributed by atoms with Crippen molar-refractivity contribution in [1.29, 1.82) is 0 Å². The van der Waals surface area contributed by atoms with Crippen LogP contribution in [0.1, 0.15) is 34.2 Å². The van der Waals surface area contributed by atoms with Crippen LogP contribution in [0.4, 0.5) is 5.69 Å². The predicted octanol–water partition coefficient (Wildman–Crippen LogP) is 2.80. The molecular formula is C20H20N4O2. The van der Waals surface area contributed by atoms with E-state index < -0.39 is 0 Å². The van der Waals surface area contributed by atoms with E-state index in [0.717, 1.165) is 29.9 Å². The van der Waals surface area contributed by atoms with Gasteiger partial charge in [-0.15, -0.1) is 0 Å². The van der Waals surface area contributed by atoms with Crippen LogP contribution in [-0.4, -0.2) is 32.6 Å². The van der Waals surface area contributed by atoms with Gasteiger partial charge >= 0.3 is 0 Å². The lowest BCUT2D eigenvalue weighted by atomic mass is 9.99. The number of aryl methyl sites for hydroxylation is 1. The van der Waals surface area contributed by atoms with Crippen molar-refractivity contribution < 1.29 is 9.59 Å². The zero-order valence-corrected chi connectivity index (χ0v) is 14.8. The van der Waals surface area contributed by atoms with E-state index in [9.17, 15) is 9.59 Å². The molecule has 2 aromatic heterocycles. The molecule has 0 spiro atoms. The van der Waals surface area contributed by atoms with Crippen LogP contribution >= 0.6 is 0 Å². The summed E-state index contributed by atoms with van der Waals surface area (Å²) in [4.78, 5) is 30.7. The minimum Gasteiger partial charge on any atom is -0.338 e. The van der Waals surface area contributed by atoms with Gasteiger partial charge in [-0.2, -0.15) is 0 Å². The van der Waals surface area contributed by atoms with Crippen LogP contribution in [0.5, 0.6) is 0 Å². The van der Waals surface area contributed by atoms with Crippen LogP contribution in [-0.2, 0) is 17.8 Å². The number of amides is 2. The highest BCUT2D eigenvalue weighted by atomic mass is 16.2. The summed E-state index contributed by atoms with van der Waals surface area (Å²) in [5, 5.41) is 2.97. The number of hydrogen-bond donors (Lipinski definition) is 1. The van der Waals surface area contributed by atoms with Gasteiger partial charge in [-0.25, -0.2) is 4.98 Å². The van der Waals surface area contributed by atoms with Crippen LogP contribution in [0.25, 0.3) is 5.65 Å². The molecule has 1 N–H and O–H groups in total. The standard InChI is InChI=1S/C20H20N4O2/c1-13-19(24-9-4-3-5-18(24)21-13)20(26)22-17-7-6-15-8-10-23(14(2)25)12-16(15)11-17/h3-7,9,11H,8,10,12H2,1-2H3,(H,22,26). The van der Waals surface area contributed by atoms with Crippen LogP contribution < -0.4 is 5.32 Å². The van der Waals surface area contributed by atoms with Gasteiger partial charge in [-0.05, 0) is 48.7 Å². The van der Waals surface area contributed by atoms with E-state index >= 15 is 0 Å². The van der Waals surface area contributed by atoms with Crippen molar-refractivity contribution >= 4 is 23.1 Å². The summed E-state index contributed by atoms with van der Waals surface area (Å²) < 4.78 is 1.79. The molecule has 0 atom stereocenters. The Labute approximate surface area is 151 Å². The number of anilines is 1. The molecule has 0 fully saturated rings. The van der Waals surface area contributed by atoms with Gasteiger partial charge in [-0.1, -0.05) is 12.1 Å². The largest absolute Gasteiger partial charge is 0.338 e. The Hall–Kier alpha value is -3.15. The Bertz CT molecular complexity index is 1020. The number of rotatable bonds is 2. The zero-order chi connectivity index (χ0) is 18.3. The molecule has 6 heteroatoms. The van der Waals surface area contributed by atoms with Crippen molar-refractivity contribution in [1.82, 2.24) is 14.3 Å². The highest BCUT2D eigenvalue weighted by Crippen LogP contribution is 2.23. The van der Waals surface area contributed by atoms with Crippen LogP contribution in [0.2, 0.25) is 0 Å². The maximum absolute atomic E-state index is 12.8. The van der Waals surface area contributed by atoms with Crippen molar-refractivity contribution in [2.45, 2.75) is 26.8 Å². The Balaban J connectivity index is 1.61. The molecule has 0 saturated heterocycles. The first kappa shape index (κ1) is 16.3. The fraction of sp³-hybridized carbons (Fsp3) is 0.250. The number of fused-ring (bicyclic) bond motifs is 2. The predicted molar refractivity (Wildman–Crippen MR) is 99.1 cm³/mol. The lowest BCUT2D eigenvalue weighted by Gasteiger charge is -2.28. The smallest absolute Gasteiger partial charge is 0.274 e. The number of nitrogens with zero attached hydrogens (tertiary/aromatic N) is 3. The van der Waals surface area contributed by atoms with E-state index in [1.54, 1.807) is 11.3 Å². The Kier molecular flexibility index (Phi) is 3.95. The molecule has 1 aliphatic rings. The molecule has 0 unspecified atom stereocenters. The number of aromatic nitrogens is 2. The van der Waals surface area contributed by atoms with E-state index in [0.29, 0.717) is 17.9 Å². The summed E-state index contributed by atoms with van der Waals surface area (Å²) in [5.41, 5.74) is 5.01. The number of benzene rings is 1. The van der Waals surface area contributed by atoms with Crippen molar-refractivity contribution in [2.24, 2.45) is 0 Å². The molecule has 0 bridgehead atoms. The molecule has 0 radical (unpaired) electrons. The van der Waals surface area contributed by atoms with Gasteiger partial charge < -0.3 is 10.2 Å². The molecule has 3 heterocycles. The van der Waals surface area contributed by atoms with Crippen molar-refractivity contribution in [3.05, 3.63) is 65.1 Å². The minimum atomic E-state index is -0.194. The monoisotopic (exact) mass is 348 g/mol. The fourth-order valence-corrected chi connectivity index (χ4v) is 3.48. The molecular weight excluding hydrogens is 328 g/mol. The average molecular weight is 348 g/mol. The normalized spacial score (nSPS) is 13.5. The summed E-state index contributed by atoms with van der Waals surface area (Å²) in [5.74, 6) is -0.119. The van der Waals surface area contributed by atoms with E-state index in [-0.39, 0.29) is 11.8 Å². The topological polar surface area (TPSA) is 66.7 Å². The summed E-state index contributed by atoms with van der Waals surface area (Å²) in [7, 11) is 0. The van der Waals surface area contributed by atoms with Crippen LogP contribution in [0.15, 0.2) is 42.6 Å². The third-order valence-corrected chi connectivity index (χ3v) is 4.84. The number of nitrogens with one attached hydrogen (secondary N) is 1. The van der Waals surface area contributed by atoms with Crippen molar-refractivity contribution in [3.63, 3.8) is 0 Å². The first-order valence-electron chi connectivity index (χ1n) is 8.65. The summed E-state index contributed by atoms with van der Waals surface area (Å²) in [6.45, 7) is 4.75. The molecule has 4 rings (SSSR count). The second kappa shape index (κ2) is 6.29. The lowest BCUT2D eigenvalue weighted by molar-refractivity contribution is -0.129. The molecule has 0 saturated carbocycles. The van der Waals surface area contributed by atoms with Crippen LogP contribution in [0, 0.1) is 6.92 Å². The second-order valence-electron chi connectivity index (χ2n) is 6.60. The van der Waals surface area contributed by atoms with E-state index in [1.807, 2.05) is 54.4 Å². The zero-order valence-electron chi connectivity index (χ0n) is 14.8. The maximum Gasteiger partial charge on any atom is 0.274 e. The first-order chi connectivity index (χ1) is 12.5. The number of pyridine rings is 1. The molecule has 6 nitrogen and oxygen atoms in total. The van der Waals surface area contributed by atoms with Crippen molar-refractivity contribution in [3.8, 4) is 0 Å². The average Bonchev–Trinajstić information content (AvgIpc) is 2.96. The van der Waals surface area contributed by atoms with E-state index in [1.165, 1.54) is 5.56 Å². The van der Waals surface area contributed by atoms with Crippen LogP contribution in [0.3, 0.4) is 0 Å². The maximum atomic E-state index is 12.8. The first-order valence-corrected chi connectivity index (χ1v) is 8.65. The molecule has 3 aromatic rings. The van der Waals surface area contributed by atoms with Gasteiger partial charge in [0.05, 0.1) is 5.69 Å². The summed E-state index contributed by atoms with van der Waals surface area (Å²) in [6, 6.07) is 11.6. The highest BCUT2D eigenvalue weighted by molar-refractivity contribution is 6.04. The quantitative estimate of drug-likeness (QED) is 0.774. The molecule has 0 aliphatic carbocycles. The fourth-order valence-electron chi connectivity index (χ4n) is 3.48. The minimum absolute atomic E-state index is 0.0754. The number of carbonyl (C=O) groups excluding carboxylic acids is 2. The number of imidazole rings is 1.